The van der Waals surface area contributed by atoms with E-state index >= 15 is 0 Å². The first-order valence-corrected chi connectivity index (χ1v) is 8.51. The smallest absolute Gasteiger partial charge is 0.306 e. The van der Waals surface area contributed by atoms with Gasteiger partial charge in [-0.1, -0.05) is 18.2 Å². The van der Waals surface area contributed by atoms with Crippen LogP contribution in [0.4, 0.5) is 0 Å². The monoisotopic (exact) mass is 343 g/mol. The lowest BCUT2D eigenvalue weighted by Gasteiger charge is -2.12. The molecule has 0 fully saturated rings. The molecule has 0 saturated heterocycles. The highest BCUT2D eigenvalue weighted by molar-refractivity contribution is 5.83. The number of nitrogens with one attached hydrogen (secondary N) is 1. The minimum absolute atomic E-state index is 0.214. The van der Waals surface area contributed by atoms with Crippen molar-refractivity contribution in [2.24, 2.45) is 0 Å². The fraction of sp³-hybridized carbons (Fsp3) is 0.421. The molecule has 2 aromatic rings. The minimum Gasteiger partial charge on any atom is -0.453 e. The number of carbonyl (C=O) groups is 2. The summed E-state index contributed by atoms with van der Waals surface area (Å²) in [7, 11) is 0. The standard InChI is InChI=1S/C19H25N3O3/c1-5-20-19(24)15(4)25-18(23)12-11-17-13(2)21-22(14(17)3)16-9-7-6-8-10-16/h6-10,15H,5,11-12H2,1-4H3,(H,20,24)/t15-/m1/s1. The number of rotatable bonds is 7. The predicted octanol–water partition coefficient (Wildman–Crippen LogP) is 2.49. The molecule has 0 aliphatic rings. The van der Waals surface area contributed by atoms with Gasteiger partial charge < -0.3 is 10.1 Å². The number of aryl methyl sites for hydroxylation is 1. The molecule has 134 valence electrons. The van der Waals surface area contributed by atoms with Gasteiger partial charge in [0.15, 0.2) is 6.10 Å². The number of hydrogen-bond donors (Lipinski definition) is 1. The van der Waals surface area contributed by atoms with Crippen LogP contribution in [0.15, 0.2) is 30.3 Å². The Balaban J connectivity index is 2.01. The van der Waals surface area contributed by atoms with E-state index in [0.29, 0.717) is 13.0 Å². The van der Waals surface area contributed by atoms with Crippen LogP contribution in [0.5, 0.6) is 0 Å². The molecule has 1 amide bonds. The van der Waals surface area contributed by atoms with E-state index in [1.807, 2.05) is 55.8 Å². The van der Waals surface area contributed by atoms with Crippen molar-refractivity contribution in [1.29, 1.82) is 0 Å². The fourth-order valence-corrected chi connectivity index (χ4v) is 2.71. The van der Waals surface area contributed by atoms with Gasteiger partial charge in [0, 0.05) is 18.7 Å². The Morgan fingerprint density at radius 1 is 1.24 bits per heavy atom. The van der Waals surface area contributed by atoms with Gasteiger partial charge in [-0.2, -0.15) is 5.10 Å². The van der Waals surface area contributed by atoms with E-state index in [0.717, 1.165) is 22.6 Å². The van der Waals surface area contributed by atoms with Crippen molar-refractivity contribution < 1.29 is 14.3 Å². The molecule has 0 radical (unpaired) electrons. The van der Waals surface area contributed by atoms with Gasteiger partial charge in [-0.15, -0.1) is 0 Å². The van der Waals surface area contributed by atoms with Crippen LogP contribution in [-0.4, -0.2) is 34.3 Å². The van der Waals surface area contributed by atoms with E-state index in [4.69, 9.17) is 4.74 Å². The van der Waals surface area contributed by atoms with Gasteiger partial charge in [0.2, 0.25) is 0 Å². The van der Waals surface area contributed by atoms with E-state index in [-0.39, 0.29) is 18.3 Å². The van der Waals surface area contributed by atoms with E-state index in [9.17, 15) is 9.59 Å². The van der Waals surface area contributed by atoms with Crippen molar-refractivity contribution >= 4 is 11.9 Å². The number of ether oxygens (including phenoxy) is 1. The van der Waals surface area contributed by atoms with Gasteiger partial charge in [-0.25, -0.2) is 4.68 Å². The third kappa shape index (κ3) is 4.68. The van der Waals surface area contributed by atoms with Crippen LogP contribution >= 0.6 is 0 Å². The molecule has 0 unspecified atom stereocenters. The molecule has 1 aromatic heterocycles. The summed E-state index contributed by atoms with van der Waals surface area (Å²) in [6.45, 7) is 7.84. The van der Waals surface area contributed by atoms with Gasteiger partial charge in [0.25, 0.3) is 5.91 Å². The molecule has 1 heterocycles. The molecule has 1 aromatic carbocycles. The Bertz CT molecular complexity index is 738. The summed E-state index contributed by atoms with van der Waals surface area (Å²) in [5.74, 6) is -0.662. The average Bonchev–Trinajstić information content (AvgIpc) is 2.88. The second-order valence-electron chi connectivity index (χ2n) is 5.92. The molecule has 0 saturated carbocycles. The van der Waals surface area contributed by atoms with Crippen LogP contribution < -0.4 is 5.32 Å². The van der Waals surface area contributed by atoms with E-state index in [1.54, 1.807) is 6.92 Å². The third-order valence-corrected chi connectivity index (χ3v) is 4.05. The lowest BCUT2D eigenvalue weighted by Crippen LogP contribution is -2.35. The second-order valence-corrected chi connectivity index (χ2v) is 5.92. The molecule has 25 heavy (non-hydrogen) atoms. The molecule has 0 aliphatic heterocycles. The molecular formula is C19H25N3O3. The normalized spacial score (nSPS) is 11.8. The molecule has 0 bridgehead atoms. The maximum Gasteiger partial charge on any atom is 0.306 e. The number of para-hydroxylation sites is 1. The maximum atomic E-state index is 12.0. The number of aromatic nitrogens is 2. The van der Waals surface area contributed by atoms with Crippen LogP contribution in [0.25, 0.3) is 5.69 Å². The Kier molecular flexibility index (Phi) is 6.33. The molecule has 1 N–H and O–H groups in total. The van der Waals surface area contributed by atoms with Gasteiger partial charge in [-0.05, 0) is 51.8 Å². The summed E-state index contributed by atoms with van der Waals surface area (Å²) >= 11 is 0. The quantitative estimate of drug-likeness (QED) is 0.784. The average molecular weight is 343 g/mol. The first-order chi connectivity index (χ1) is 11.9. The third-order valence-electron chi connectivity index (χ3n) is 4.05. The van der Waals surface area contributed by atoms with Crippen molar-refractivity contribution in [3.63, 3.8) is 0 Å². The van der Waals surface area contributed by atoms with Crippen LogP contribution in [0, 0.1) is 13.8 Å². The number of amides is 1. The fourth-order valence-electron chi connectivity index (χ4n) is 2.71. The zero-order valence-electron chi connectivity index (χ0n) is 15.2. The van der Waals surface area contributed by atoms with Gasteiger partial charge in [0.05, 0.1) is 11.4 Å². The number of likely N-dealkylation sites (N-methyl/N-ethyl adjacent to an activating group) is 1. The Labute approximate surface area is 148 Å². The van der Waals surface area contributed by atoms with Crippen molar-refractivity contribution in [3.8, 4) is 5.69 Å². The van der Waals surface area contributed by atoms with Crippen LogP contribution in [0.3, 0.4) is 0 Å². The zero-order valence-corrected chi connectivity index (χ0v) is 15.2. The molecule has 6 heteroatoms. The van der Waals surface area contributed by atoms with Crippen LogP contribution in [0.1, 0.15) is 37.2 Å². The molecular weight excluding hydrogens is 318 g/mol. The largest absolute Gasteiger partial charge is 0.453 e. The summed E-state index contributed by atoms with van der Waals surface area (Å²) in [6.07, 6.45) is -0.0288. The highest BCUT2D eigenvalue weighted by atomic mass is 16.5. The number of carbonyl (C=O) groups excluding carboxylic acids is 2. The zero-order chi connectivity index (χ0) is 18.4. The Morgan fingerprint density at radius 3 is 2.56 bits per heavy atom. The molecule has 0 spiro atoms. The highest BCUT2D eigenvalue weighted by Gasteiger charge is 2.18. The minimum atomic E-state index is -0.776. The van der Waals surface area contributed by atoms with Crippen molar-refractivity contribution in [1.82, 2.24) is 15.1 Å². The van der Waals surface area contributed by atoms with Gasteiger partial charge in [-0.3, -0.25) is 9.59 Å². The molecule has 0 aliphatic carbocycles. The maximum absolute atomic E-state index is 12.0. The first-order valence-electron chi connectivity index (χ1n) is 8.51. The van der Waals surface area contributed by atoms with Crippen LogP contribution in [0.2, 0.25) is 0 Å². The molecule has 1 atom stereocenters. The molecule has 2 rings (SSSR count). The SMILES string of the molecule is CCNC(=O)[C@@H](C)OC(=O)CCc1c(C)nn(-c2ccccc2)c1C. The lowest BCUT2D eigenvalue weighted by atomic mass is 10.1. The number of nitrogens with zero attached hydrogens (tertiary/aromatic N) is 2. The number of benzene rings is 1. The van der Waals surface area contributed by atoms with Crippen molar-refractivity contribution in [3.05, 3.63) is 47.3 Å². The summed E-state index contributed by atoms with van der Waals surface area (Å²) in [4.78, 5) is 23.6. The van der Waals surface area contributed by atoms with Crippen LogP contribution in [-0.2, 0) is 20.7 Å². The number of esters is 1. The summed E-state index contributed by atoms with van der Waals surface area (Å²) in [6, 6.07) is 9.87. The second kappa shape index (κ2) is 8.46. The summed E-state index contributed by atoms with van der Waals surface area (Å²) in [5.41, 5.74) is 3.92. The highest BCUT2D eigenvalue weighted by Crippen LogP contribution is 2.19. The van der Waals surface area contributed by atoms with Gasteiger partial charge in [0.1, 0.15) is 0 Å². The Hall–Kier alpha value is -2.63. The van der Waals surface area contributed by atoms with E-state index < -0.39 is 6.10 Å². The van der Waals surface area contributed by atoms with E-state index in [2.05, 4.69) is 10.4 Å². The van der Waals surface area contributed by atoms with Crippen molar-refractivity contribution in [2.75, 3.05) is 6.54 Å². The van der Waals surface area contributed by atoms with E-state index in [1.165, 1.54) is 0 Å². The predicted molar refractivity (Wildman–Crippen MR) is 95.6 cm³/mol. The molecule has 6 nitrogen and oxygen atoms in total. The summed E-state index contributed by atoms with van der Waals surface area (Å²) < 4.78 is 7.06. The van der Waals surface area contributed by atoms with Gasteiger partial charge >= 0.3 is 5.97 Å². The Morgan fingerprint density at radius 2 is 1.92 bits per heavy atom. The van der Waals surface area contributed by atoms with Crippen molar-refractivity contribution in [2.45, 2.75) is 46.6 Å². The summed E-state index contributed by atoms with van der Waals surface area (Å²) in [5, 5.41) is 7.21. The lowest BCUT2D eigenvalue weighted by molar-refractivity contribution is -0.154. The first kappa shape index (κ1) is 18.7. The number of hydrogen-bond acceptors (Lipinski definition) is 4. The topological polar surface area (TPSA) is 73.2 Å².